The maximum absolute atomic E-state index is 11.2. The van der Waals surface area contributed by atoms with E-state index in [1.807, 2.05) is 6.07 Å². The monoisotopic (exact) mass is 480 g/mol. The van der Waals surface area contributed by atoms with Crippen LogP contribution in [0.25, 0.3) is 0 Å². The molecule has 2 N–H and O–H groups in total. The molecule has 1 heterocycles. The molecule has 2 rings (SSSR count). The van der Waals surface area contributed by atoms with Crippen molar-refractivity contribution in [1.29, 1.82) is 0 Å². The summed E-state index contributed by atoms with van der Waals surface area (Å²) in [7, 11) is -1.27. The SMILES string of the molecule is CN=C(NCCS(C)(=O)=O)NCC(c1ccccc1)N1CCCC1.I. The van der Waals surface area contributed by atoms with Crippen LogP contribution in [0.5, 0.6) is 0 Å². The number of rotatable bonds is 7. The molecule has 1 fully saturated rings. The van der Waals surface area contributed by atoms with Crippen molar-refractivity contribution in [3.05, 3.63) is 35.9 Å². The van der Waals surface area contributed by atoms with Gasteiger partial charge in [-0.15, -0.1) is 24.0 Å². The highest BCUT2D eigenvalue weighted by atomic mass is 127. The fourth-order valence-corrected chi connectivity index (χ4v) is 3.43. The van der Waals surface area contributed by atoms with Gasteiger partial charge >= 0.3 is 0 Å². The topological polar surface area (TPSA) is 73.8 Å². The van der Waals surface area contributed by atoms with Crippen LogP contribution in [-0.2, 0) is 9.84 Å². The number of guanidine groups is 1. The van der Waals surface area contributed by atoms with Crippen molar-refractivity contribution in [3.63, 3.8) is 0 Å². The predicted octanol–water partition coefficient (Wildman–Crippen LogP) is 1.65. The molecular formula is C17H29IN4O2S. The summed E-state index contributed by atoms with van der Waals surface area (Å²) in [4.78, 5) is 6.67. The number of benzene rings is 1. The molecule has 0 radical (unpaired) electrons. The van der Waals surface area contributed by atoms with Crippen molar-refractivity contribution < 1.29 is 8.42 Å². The Morgan fingerprint density at radius 1 is 1.20 bits per heavy atom. The predicted molar refractivity (Wildman–Crippen MR) is 114 cm³/mol. The zero-order valence-corrected chi connectivity index (χ0v) is 18.1. The van der Waals surface area contributed by atoms with Crippen molar-refractivity contribution in [2.45, 2.75) is 18.9 Å². The smallest absolute Gasteiger partial charge is 0.191 e. The minimum absolute atomic E-state index is 0. The van der Waals surface area contributed by atoms with Crippen molar-refractivity contribution in [1.82, 2.24) is 15.5 Å². The average Bonchev–Trinajstić information content (AvgIpc) is 3.07. The molecule has 0 amide bonds. The lowest BCUT2D eigenvalue weighted by Crippen LogP contribution is -2.43. The second-order valence-electron chi connectivity index (χ2n) is 6.18. The summed E-state index contributed by atoms with van der Waals surface area (Å²) in [6.45, 7) is 3.32. The summed E-state index contributed by atoms with van der Waals surface area (Å²) in [5.41, 5.74) is 1.29. The van der Waals surface area contributed by atoms with Gasteiger partial charge in [-0.25, -0.2) is 8.42 Å². The third-order valence-electron chi connectivity index (χ3n) is 4.22. The van der Waals surface area contributed by atoms with Crippen molar-refractivity contribution >= 4 is 39.8 Å². The number of sulfone groups is 1. The molecule has 1 unspecified atom stereocenters. The van der Waals surface area contributed by atoms with Gasteiger partial charge in [-0.1, -0.05) is 30.3 Å². The lowest BCUT2D eigenvalue weighted by molar-refractivity contribution is 0.245. The number of halogens is 1. The minimum atomic E-state index is -2.97. The van der Waals surface area contributed by atoms with E-state index < -0.39 is 9.84 Å². The van der Waals surface area contributed by atoms with Crippen LogP contribution < -0.4 is 10.6 Å². The second kappa shape index (κ2) is 11.0. The van der Waals surface area contributed by atoms with Gasteiger partial charge in [0, 0.05) is 26.4 Å². The van der Waals surface area contributed by atoms with Gasteiger partial charge in [-0.2, -0.15) is 0 Å². The van der Waals surface area contributed by atoms with E-state index in [2.05, 4.69) is 44.8 Å². The molecule has 142 valence electrons. The molecule has 25 heavy (non-hydrogen) atoms. The van der Waals surface area contributed by atoms with Crippen LogP contribution in [0.1, 0.15) is 24.4 Å². The van der Waals surface area contributed by atoms with Crippen LogP contribution >= 0.6 is 24.0 Å². The number of nitrogens with zero attached hydrogens (tertiary/aromatic N) is 2. The summed E-state index contributed by atoms with van der Waals surface area (Å²) in [5, 5.41) is 6.40. The first-order chi connectivity index (χ1) is 11.5. The molecule has 6 nitrogen and oxygen atoms in total. The van der Waals surface area contributed by atoms with Gasteiger partial charge in [0.25, 0.3) is 0 Å². The van der Waals surface area contributed by atoms with Gasteiger partial charge in [-0.3, -0.25) is 9.89 Å². The number of aliphatic imine (C=N–C) groups is 1. The molecule has 0 aromatic heterocycles. The highest BCUT2D eigenvalue weighted by molar-refractivity contribution is 14.0. The van der Waals surface area contributed by atoms with E-state index in [1.165, 1.54) is 24.7 Å². The third kappa shape index (κ3) is 7.91. The number of hydrogen-bond acceptors (Lipinski definition) is 4. The summed E-state index contributed by atoms with van der Waals surface area (Å²) in [5.74, 6) is 0.737. The van der Waals surface area contributed by atoms with Gasteiger partial charge in [0.05, 0.1) is 11.8 Å². The van der Waals surface area contributed by atoms with E-state index in [0.717, 1.165) is 19.6 Å². The molecule has 0 aliphatic carbocycles. The second-order valence-corrected chi connectivity index (χ2v) is 8.44. The summed E-state index contributed by atoms with van der Waals surface area (Å²) in [6.07, 6.45) is 3.72. The minimum Gasteiger partial charge on any atom is -0.355 e. The maximum Gasteiger partial charge on any atom is 0.191 e. The van der Waals surface area contributed by atoms with Gasteiger partial charge in [0.15, 0.2) is 5.96 Å². The van der Waals surface area contributed by atoms with E-state index in [-0.39, 0.29) is 29.7 Å². The number of nitrogens with one attached hydrogen (secondary N) is 2. The van der Waals surface area contributed by atoms with Crippen molar-refractivity contribution in [2.75, 3.05) is 45.2 Å². The molecule has 0 spiro atoms. The lowest BCUT2D eigenvalue weighted by Gasteiger charge is -2.29. The van der Waals surface area contributed by atoms with E-state index in [9.17, 15) is 8.42 Å². The van der Waals surface area contributed by atoms with E-state index >= 15 is 0 Å². The Bertz CT molecular complexity index is 631. The first-order valence-corrected chi connectivity index (χ1v) is 10.5. The third-order valence-corrected chi connectivity index (χ3v) is 5.16. The van der Waals surface area contributed by atoms with E-state index in [0.29, 0.717) is 18.5 Å². The molecule has 1 aliphatic rings. The zero-order valence-electron chi connectivity index (χ0n) is 14.9. The largest absolute Gasteiger partial charge is 0.355 e. The fourth-order valence-electron chi connectivity index (χ4n) is 2.96. The van der Waals surface area contributed by atoms with Crippen LogP contribution in [0.4, 0.5) is 0 Å². The number of hydrogen-bond donors (Lipinski definition) is 2. The fraction of sp³-hybridized carbons (Fsp3) is 0.588. The zero-order chi connectivity index (χ0) is 17.4. The first-order valence-electron chi connectivity index (χ1n) is 8.41. The van der Waals surface area contributed by atoms with Crippen LogP contribution in [0.3, 0.4) is 0 Å². The molecule has 1 aromatic rings. The summed E-state index contributed by atoms with van der Waals surface area (Å²) in [6, 6.07) is 10.8. The molecule has 1 aliphatic heterocycles. The highest BCUT2D eigenvalue weighted by Gasteiger charge is 2.23. The van der Waals surface area contributed by atoms with E-state index in [4.69, 9.17) is 0 Å². The standard InChI is InChI=1S/C17H28N4O2S.HI/c1-18-17(19-10-13-24(2,22)23)20-14-16(21-11-6-7-12-21)15-8-4-3-5-9-15;/h3-5,8-9,16H,6-7,10-14H2,1-2H3,(H2,18,19,20);1H. The highest BCUT2D eigenvalue weighted by Crippen LogP contribution is 2.24. The average molecular weight is 480 g/mol. The van der Waals surface area contributed by atoms with Gasteiger partial charge in [0.2, 0.25) is 0 Å². The van der Waals surface area contributed by atoms with Crippen molar-refractivity contribution in [2.24, 2.45) is 4.99 Å². The molecule has 1 atom stereocenters. The maximum atomic E-state index is 11.2. The van der Waals surface area contributed by atoms with Gasteiger partial charge in [-0.05, 0) is 31.5 Å². The quantitative estimate of drug-likeness (QED) is 0.353. The Labute approximate surface area is 168 Å². The molecule has 0 saturated carbocycles. The van der Waals surface area contributed by atoms with Crippen molar-refractivity contribution in [3.8, 4) is 0 Å². The van der Waals surface area contributed by atoms with E-state index in [1.54, 1.807) is 7.05 Å². The van der Waals surface area contributed by atoms with Crippen LogP contribution in [0.2, 0.25) is 0 Å². The molecular weight excluding hydrogens is 451 g/mol. The summed E-state index contributed by atoms with van der Waals surface area (Å²) >= 11 is 0. The molecule has 0 bridgehead atoms. The normalized spacial score (nSPS) is 17.0. The van der Waals surface area contributed by atoms with Crippen LogP contribution in [0.15, 0.2) is 35.3 Å². The number of likely N-dealkylation sites (tertiary alicyclic amines) is 1. The van der Waals surface area contributed by atoms with Gasteiger partial charge < -0.3 is 10.6 Å². The molecule has 1 saturated heterocycles. The Hall–Kier alpha value is -0.870. The lowest BCUT2D eigenvalue weighted by atomic mass is 10.1. The van der Waals surface area contributed by atoms with Crippen LogP contribution in [0, 0.1) is 0 Å². The van der Waals surface area contributed by atoms with Crippen LogP contribution in [-0.4, -0.2) is 64.5 Å². The summed E-state index contributed by atoms with van der Waals surface area (Å²) < 4.78 is 22.4. The Balaban J connectivity index is 0.00000312. The van der Waals surface area contributed by atoms with Gasteiger partial charge in [0.1, 0.15) is 9.84 Å². The first kappa shape index (κ1) is 22.2. The molecule has 1 aromatic carbocycles. The molecule has 8 heteroatoms. The Kier molecular flexibility index (Phi) is 9.73. The Morgan fingerprint density at radius 2 is 1.84 bits per heavy atom. The Morgan fingerprint density at radius 3 is 2.40 bits per heavy atom.